The van der Waals surface area contributed by atoms with Crippen molar-refractivity contribution in [2.24, 2.45) is 5.10 Å². The van der Waals surface area contributed by atoms with Crippen LogP contribution in [0.3, 0.4) is 0 Å². The molecule has 10 heteroatoms. The van der Waals surface area contributed by atoms with Crippen molar-refractivity contribution in [3.63, 3.8) is 0 Å². The van der Waals surface area contributed by atoms with Crippen LogP contribution in [0.5, 0.6) is 17.2 Å². The quantitative estimate of drug-likeness (QED) is 0.168. The Morgan fingerprint density at radius 1 is 0.857 bits per heavy atom. The lowest BCUT2D eigenvalue weighted by molar-refractivity contribution is -0.136. The van der Waals surface area contributed by atoms with Gasteiger partial charge in [0.2, 0.25) is 0 Å². The van der Waals surface area contributed by atoms with Gasteiger partial charge in [-0.25, -0.2) is 10.2 Å². The molecule has 0 saturated carbocycles. The molecule has 35 heavy (non-hydrogen) atoms. The van der Waals surface area contributed by atoms with E-state index in [9.17, 15) is 14.4 Å². The zero-order valence-corrected chi connectivity index (χ0v) is 19.9. The molecular weight excluding hydrogens is 474 g/mol. The zero-order valence-electron chi connectivity index (χ0n) is 19.1. The minimum Gasteiger partial charge on any atom is -0.497 e. The molecule has 9 nitrogen and oxygen atoms in total. The van der Waals surface area contributed by atoms with Crippen LogP contribution in [0.15, 0.2) is 71.8 Å². The number of amides is 2. The molecule has 0 heterocycles. The van der Waals surface area contributed by atoms with E-state index in [2.05, 4.69) is 15.8 Å². The monoisotopic (exact) mass is 495 g/mol. The molecule has 0 aliphatic heterocycles. The first-order chi connectivity index (χ1) is 16.8. The number of para-hydroxylation sites is 1. The van der Waals surface area contributed by atoms with Crippen LogP contribution < -0.4 is 25.0 Å². The highest BCUT2D eigenvalue weighted by molar-refractivity contribution is 6.40. The summed E-state index contributed by atoms with van der Waals surface area (Å²) in [5.74, 6) is -1.51. The predicted octanol–water partition coefficient (Wildman–Crippen LogP) is 4.06. The van der Waals surface area contributed by atoms with Crippen LogP contribution in [0.4, 0.5) is 5.69 Å². The Kier molecular flexibility index (Phi) is 8.42. The summed E-state index contributed by atoms with van der Waals surface area (Å²) in [5, 5.41) is 6.75. The molecule has 0 aromatic heterocycles. The first kappa shape index (κ1) is 25.3. The Labute approximate surface area is 206 Å². The first-order valence-electron chi connectivity index (χ1n) is 10.3. The number of hydrogen-bond acceptors (Lipinski definition) is 7. The molecule has 3 rings (SSSR count). The van der Waals surface area contributed by atoms with E-state index in [4.69, 9.17) is 25.8 Å². The van der Waals surface area contributed by atoms with Crippen molar-refractivity contribution in [1.82, 2.24) is 5.43 Å². The third kappa shape index (κ3) is 6.58. The van der Waals surface area contributed by atoms with Gasteiger partial charge in [-0.15, -0.1) is 0 Å². The van der Waals surface area contributed by atoms with Crippen molar-refractivity contribution in [1.29, 1.82) is 0 Å². The van der Waals surface area contributed by atoms with E-state index in [1.54, 1.807) is 67.6 Å². The normalized spacial score (nSPS) is 10.8. The van der Waals surface area contributed by atoms with Crippen molar-refractivity contribution in [2.75, 3.05) is 19.5 Å². The highest BCUT2D eigenvalue weighted by atomic mass is 35.5. The molecule has 0 aliphatic rings. The first-order valence-corrected chi connectivity index (χ1v) is 10.6. The summed E-state index contributed by atoms with van der Waals surface area (Å²) in [6, 6.07) is 17.8. The number of anilines is 1. The lowest BCUT2D eigenvalue weighted by Gasteiger charge is -2.11. The van der Waals surface area contributed by atoms with Crippen LogP contribution in [0.25, 0.3) is 0 Å². The molecule has 3 aromatic carbocycles. The van der Waals surface area contributed by atoms with Crippen molar-refractivity contribution >= 4 is 40.8 Å². The van der Waals surface area contributed by atoms with Gasteiger partial charge in [0.25, 0.3) is 0 Å². The largest absolute Gasteiger partial charge is 0.497 e. The second kappa shape index (κ2) is 11.7. The van der Waals surface area contributed by atoms with E-state index in [0.29, 0.717) is 33.4 Å². The molecule has 0 radical (unpaired) electrons. The van der Waals surface area contributed by atoms with Gasteiger partial charge in [0.1, 0.15) is 17.2 Å². The fourth-order valence-electron chi connectivity index (χ4n) is 2.97. The van der Waals surface area contributed by atoms with Crippen LogP contribution in [-0.2, 0) is 9.59 Å². The molecule has 0 saturated heterocycles. The number of carbonyl (C=O) groups is 3. The summed E-state index contributed by atoms with van der Waals surface area (Å²) in [4.78, 5) is 37.2. The minimum atomic E-state index is -1.02. The number of halogens is 1. The Morgan fingerprint density at radius 3 is 2.37 bits per heavy atom. The highest BCUT2D eigenvalue weighted by Crippen LogP contribution is 2.27. The van der Waals surface area contributed by atoms with Gasteiger partial charge < -0.3 is 19.5 Å². The predicted molar refractivity (Wildman–Crippen MR) is 131 cm³/mol. The summed E-state index contributed by atoms with van der Waals surface area (Å²) in [5.41, 5.74) is 3.47. The van der Waals surface area contributed by atoms with Gasteiger partial charge in [-0.05, 0) is 55.5 Å². The number of esters is 1. The number of hydrazone groups is 1. The van der Waals surface area contributed by atoms with Crippen molar-refractivity contribution in [3.05, 3.63) is 82.9 Å². The topological polar surface area (TPSA) is 115 Å². The maximum absolute atomic E-state index is 12.6. The van der Waals surface area contributed by atoms with Crippen molar-refractivity contribution < 1.29 is 28.6 Å². The number of benzene rings is 3. The molecule has 0 fully saturated rings. The van der Waals surface area contributed by atoms with Gasteiger partial charge in [0, 0.05) is 10.6 Å². The van der Waals surface area contributed by atoms with E-state index in [1.165, 1.54) is 20.3 Å². The summed E-state index contributed by atoms with van der Waals surface area (Å²) >= 11 is 5.94. The van der Waals surface area contributed by atoms with Crippen LogP contribution in [0, 0.1) is 0 Å². The smallest absolute Gasteiger partial charge is 0.343 e. The van der Waals surface area contributed by atoms with Crippen LogP contribution in [0.2, 0.25) is 5.02 Å². The second-order valence-electron chi connectivity index (χ2n) is 7.05. The van der Waals surface area contributed by atoms with E-state index >= 15 is 0 Å². The molecule has 0 spiro atoms. The molecule has 0 unspecified atom stereocenters. The van der Waals surface area contributed by atoms with Crippen LogP contribution in [0.1, 0.15) is 22.8 Å². The number of rotatable bonds is 7. The number of methoxy groups -OCH3 is 2. The fourth-order valence-corrected chi connectivity index (χ4v) is 3.14. The molecule has 0 bridgehead atoms. The molecule has 2 N–H and O–H groups in total. The fraction of sp³-hybridized carbons (Fsp3) is 0.120. The second-order valence-corrected chi connectivity index (χ2v) is 7.49. The lowest BCUT2D eigenvalue weighted by atomic mass is 10.1. The summed E-state index contributed by atoms with van der Waals surface area (Å²) in [6.45, 7) is 1.59. The Balaban J connectivity index is 1.71. The van der Waals surface area contributed by atoms with Gasteiger partial charge in [0.15, 0.2) is 0 Å². The van der Waals surface area contributed by atoms with Gasteiger partial charge >= 0.3 is 17.8 Å². The average Bonchev–Trinajstić information content (AvgIpc) is 2.87. The number of carbonyl (C=O) groups excluding carboxylic acids is 3. The SMILES string of the molecule is COc1cccc(C(=O)Oc2ccccc2/C(C)=N/NC(=O)C(=O)Nc2cc(Cl)ccc2OC)c1. The van der Waals surface area contributed by atoms with E-state index < -0.39 is 17.8 Å². The molecule has 180 valence electrons. The van der Waals surface area contributed by atoms with Gasteiger partial charge in [-0.2, -0.15) is 5.10 Å². The van der Waals surface area contributed by atoms with Gasteiger partial charge in [-0.1, -0.05) is 29.8 Å². The highest BCUT2D eigenvalue weighted by Gasteiger charge is 2.17. The van der Waals surface area contributed by atoms with Gasteiger partial charge in [-0.3, -0.25) is 9.59 Å². The van der Waals surface area contributed by atoms with Crippen LogP contribution >= 0.6 is 11.6 Å². The van der Waals surface area contributed by atoms with Crippen molar-refractivity contribution in [3.8, 4) is 17.2 Å². The summed E-state index contributed by atoms with van der Waals surface area (Å²) < 4.78 is 15.8. The van der Waals surface area contributed by atoms with E-state index in [-0.39, 0.29) is 11.4 Å². The van der Waals surface area contributed by atoms with E-state index in [0.717, 1.165) is 0 Å². The summed E-state index contributed by atoms with van der Waals surface area (Å²) in [7, 11) is 2.92. The Bertz CT molecular complexity index is 1290. The van der Waals surface area contributed by atoms with Crippen molar-refractivity contribution in [2.45, 2.75) is 6.92 Å². The number of nitrogens with one attached hydrogen (secondary N) is 2. The molecular formula is C25H22ClN3O6. The molecule has 0 atom stereocenters. The minimum absolute atomic E-state index is 0.226. The number of hydrogen-bond donors (Lipinski definition) is 2. The number of nitrogens with zero attached hydrogens (tertiary/aromatic N) is 1. The summed E-state index contributed by atoms with van der Waals surface area (Å²) in [6.07, 6.45) is 0. The third-order valence-electron chi connectivity index (χ3n) is 4.73. The maximum atomic E-state index is 12.6. The zero-order chi connectivity index (χ0) is 25.4. The molecule has 2 amide bonds. The standard InChI is InChI=1S/C25H22ClN3O6/c1-15(28-29-24(31)23(30)27-20-14-17(26)11-12-22(20)34-3)19-9-4-5-10-21(19)35-25(32)16-7-6-8-18(13-16)33-2/h4-14H,1-3H3,(H,27,30)(H,29,31)/b28-15+. The maximum Gasteiger partial charge on any atom is 0.343 e. The average molecular weight is 496 g/mol. The third-order valence-corrected chi connectivity index (χ3v) is 4.96. The molecule has 3 aromatic rings. The van der Waals surface area contributed by atoms with E-state index in [1.807, 2.05) is 0 Å². The number of ether oxygens (including phenoxy) is 3. The Morgan fingerprint density at radius 2 is 1.63 bits per heavy atom. The molecule has 0 aliphatic carbocycles. The Hall–Kier alpha value is -4.37. The lowest BCUT2D eigenvalue weighted by Crippen LogP contribution is -2.33. The van der Waals surface area contributed by atoms with Crippen LogP contribution in [-0.4, -0.2) is 37.7 Å². The van der Waals surface area contributed by atoms with Gasteiger partial charge in [0.05, 0.1) is 31.2 Å².